The lowest BCUT2D eigenvalue weighted by molar-refractivity contribution is 0.0935. The fourth-order valence-corrected chi connectivity index (χ4v) is 3.57. The van der Waals surface area contributed by atoms with E-state index in [1.54, 1.807) is 0 Å². The normalized spacial score (nSPS) is 19.8. The Balaban J connectivity index is 1.99. The lowest BCUT2D eigenvalue weighted by Gasteiger charge is -2.18. The fraction of sp³-hybridized carbons (Fsp3) is 0.500. The van der Waals surface area contributed by atoms with Gasteiger partial charge in [-0.05, 0) is 26.0 Å². The summed E-state index contributed by atoms with van der Waals surface area (Å²) in [5, 5.41) is 0. The molecule has 1 saturated heterocycles. The highest BCUT2D eigenvalue weighted by Gasteiger charge is 2.20. The number of carbonyl (C=O) groups is 1. The predicted molar refractivity (Wildman–Crippen MR) is 75.2 cm³/mol. The molecule has 104 valence electrons. The van der Waals surface area contributed by atoms with Crippen molar-refractivity contribution >= 4 is 15.6 Å². The zero-order valence-electron chi connectivity index (χ0n) is 11.1. The number of rotatable bonds is 3. The van der Waals surface area contributed by atoms with Crippen molar-refractivity contribution in [3.05, 3.63) is 35.4 Å². The molecule has 1 fully saturated rings. The van der Waals surface area contributed by atoms with E-state index in [9.17, 15) is 13.2 Å². The smallest absolute Gasteiger partial charge is 0.176 e. The Morgan fingerprint density at radius 3 is 2.79 bits per heavy atom. The zero-order valence-corrected chi connectivity index (χ0v) is 11.9. The first kappa shape index (κ1) is 14.2. The van der Waals surface area contributed by atoms with Crippen LogP contribution in [-0.4, -0.2) is 50.2 Å². The van der Waals surface area contributed by atoms with E-state index in [-0.39, 0.29) is 17.3 Å². The van der Waals surface area contributed by atoms with Crippen molar-refractivity contribution in [1.29, 1.82) is 0 Å². The van der Waals surface area contributed by atoms with Gasteiger partial charge in [0.1, 0.15) is 0 Å². The molecule has 1 aliphatic heterocycles. The highest BCUT2D eigenvalue weighted by Crippen LogP contribution is 2.09. The quantitative estimate of drug-likeness (QED) is 0.784. The highest BCUT2D eigenvalue weighted by molar-refractivity contribution is 7.91. The van der Waals surface area contributed by atoms with Crippen LogP contribution in [0.1, 0.15) is 22.3 Å². The van der Waals surface area contributed by atoms with Gasteiger partial charge in [-0.1, -0.05) is 23.8 Å². The maximum absolute atomic E-state index is 12.1. The number of hydrogen-bond acceptors (Lipinski definition) is 4. The number of Topliss-reactive ketones (excluding diaryl/α,β-unsaturated/α-hetero) is 1. The molecule has 1 heterocycles. The molecular formula is C14H19NO3S. The number of aryl methyl sites for hydroxylation is 1. The standard InChI is InChI=1S/C14H19NO3S/c1-12-4-2-5-13(10-12)14(16)11-15-6-3-8-19(17,18)9-7-15/h2,4-5,10H,3,6-9,11H2,1H3. The Bertz CT molecular complexity index is 566. The molecule has 0 atom stereocenters. The monoisotopic (exact) mass is 281 g/mol. The second-order valence-corrected chi connectivity index (χ2v) is 7.38. The number of carbonyl (C=O) groups excluding carboxylic acids is 1. The second-order valence-electron chi connectivity index (χ2n) is 5.07. The maximum atomic E-state index is 12.1. The summed E-state index contributed by atoms with van der Waals surface area (Å²) in [6.45, 7) is 3.39. The van der Waals surface area contributed by atoms with Crippen LogP contribution in [0.3, 0.4) is 0 Å². The molecule has 1 aliphatic rings. The summed E-state index contributed by atoms with van der Waals surface area (Å²) in [6.07, 6.45) is 0.615. The molecule has 0 unspecified atom stereocenters. The minimum atomic E-state index is -2.91. The van der Waals surface area contributed by atoms with Crippen LogP contribution in [0, 0.1) is 6.92 Å². The molecule has 1 aromatic carbocycles. The third kappa shape index (κ3) is 4.14. The van der Waals surface area contributed by atoms with Crippen molar-refractivity contribution in [2.75, 3.05) is 31.1 Å². The number of nitrogens with zero attached hydrogens (tertiary/aromatic N) is 1. The summed E-state index contributed by atoms with van der Waals surface area (Å²) >= 11 is 0. The van der Waals surface area contributed by atoms with Crippen LogP contribution in [0.2, 0.25) is 0 Å². The molecular weight excluding hydrogens is 262 g/mol. The van der Waals surface area contributed by atoms with Gasteiger partial charge in [0, 0.05) is 12.1 Å². The molecule has 1 aromatic rings. The summed E-state index contributed by atoms with van der Waals surface area (Å²) in [7, 11) is -2.91. The van der Waals surface area contributed by atoms with Gasteiger partial charge < -0.3 is 0 Å². The van der Waals surface area contributed by atoms with Gasteiger partial charge in [0.2, 0.25) is 0 Å². The van der Waals surface area contributed by atoms with E-state index in [1.807, 2.05) is 36.1 Å². The minimum absolute atomic E-state index is 0.0583. The Hall–Kier alpha value is -1.20. The first-order chi connectivity index (χ1) is 8.96. The largest absolute Gasteiger partial charge is 0.295 e. The van der Waals surface area contributed by atoms with Gasteiger partial charge in [0.05, 0.1) is 18.1 Å². The molecule has 19 heavy (non-hydrogen) atoms. The van der Waals surface area contributed by atoms with Gasteiger partial charge in [-0.15, -0.1) is 0 Å². The molecule has 2 rings (SSSR count). The Kier molecular flexibility index (Phi) is 4.37. The zero-order chi connectivity index (χ0) is 13.9. The lowest BCUT2D eigenvalue weighted by atomic mass is 10.1. The first-order valence-electron chi connectivity index (χ1n) is 6.49. The SMILES string of the molecule is Cc1cccc(C(=O)CN2CCCS(=O)(=O)CC2)c1. The van der Waals surface area contributed by atoms with Crippen LogP contribution in [0.4, 0.5) is 0 Å². The molecule has 0 saturated carbocycles. The number of sulfone groups is 1. The molecule has 0 aromatic heterocycles. The number of hydrogen-bond donors (Lipinski definition) is 0. The molecule has 4 nitrogen and oxygen atoms in total. The van der Waals surface area contributed by atoms with Gasteiger partial charge in [-0.2, -0.15) is 0 Å². The molecule has 0 spiro atoms. The summed E-state index contributed by atoms with van der Waals surface area (Å²) in [4.78, 5) is 14.1. The van der Waals surface area contributed by atoms with Gasteiger partial charge in [0.25, 0.3) is 0 Å². The fourth-order valence-electron chi connectivity index (χ4n) is 2.26. The van der Waals surface area contributed by atoms with Crippen LogP contribution in [0.5, 0.6) is 0 Å². The van der Waals surface area contributed by atoms with Gasteiger partial charge >= 0.3 is 0 Å². The molecule has 0 N–H and O–H groups in total. The van der Waals surface area contributed by atoms with Crippen molar-refractivity contribution in [1.82, 2.24) is 4.90 Å². The highest BCUT2D eigenvalue weighted by atomic mass is 32.2. The third-order valence-electron chi connectivity index (χ3n) is 3.36. The summed E-state index contributed by atoms with van der Waals surface area (Å²) in [6, 6.07) is 7.51. The van der Waals surface area contributed by atoms with Gasteiger partial charge in [-0.25, -0.2) is 8.42 Å². The molecule has 5 heteroatoms. The van der Waals surface area contributed by atoms with Crippen molar-refractivity contribution in [2.45, 2.75) is 13.3 Å². The van der Waals surface area contributed by atoms with E-state index in [1.165, 1.54) is 0 Å². The molecule has 0 aliphatic carbocycles. The average molecular weight is 281 g/mol. The Morgan fingerprint density at radius 1 is 1.26 bits per heavy atom. The van der Waals surface area contributed by atoms with Crippen molar-refractivity contribution < 1.29 is 13.2 Å². The summed E-state index contributed by atoms with van der Waals surface area (Å²) < 4.78 is 23.0. The number of ketones is 1. The van der Waals surface area contributed by atoms with E-state index in [2.05, 4.69) is 0 Å². The van der Waals surface area contributed by atoms with E-state index >= 15 is 0 Å². The lowest BCUT2D eigenvalue weighted by Crippen LogP contribution is -2.32. The maximum Gasteiger partial charge on any atom is 0.176 e. The second kappa shape index (κ2) is 5.84. The van der Waals surface area contributed by atoms with Crippen LogP contribution >= 0.6 is 0 Å². The molecule has 0 bridgehead atoms. The van der Waals surface area contributed by atoms with Crippen molar-refractivity contribution in [3.63, 3.8) is 0 Å². The van der Waals surface area contributed by atoms with E-state index in [0.29, 0.717) is 31.6 Å². The topological polar surface area (TPSA) is 54.5 Å². The van der Waals surface area contributed by atoms with Crippen molar-refractivity contribution in [2.24, 2.45) is 0 Å². The van der Waals surface area contributed by atoms with Gasteiger partial charge in [-0.3, -0.25) is 9.69 Å². The van der Waals surface area contributed by atoms with Crippen LogP contribution < -0.4 is 0 Å². The summed E-state index contributed by atoms with van der Waals surface area (Å²) in [5.41, 5.74) is 1.76. The Labute approximate surface area is 114 Å². The van der Waals surface area contributed by atoms with Crippen molar-refractivity contribution in [3.8, 4) is 0 Å². The summed E-state index contributed by atoms with van der Waals surface area (Å²) in [5.74, 6) is 0.457. The van der Waals surface area contributed by atoms with Crippen LogP contribution in [0.15, 0.2) is 24.3 Å². The average Bonchev–Trinajstić information content (AvgIpc) is 2.51. The van der Waals surface area contributed by atoms with E-state index in [4.69, 9.17) is 0 Å². The number of benzene rings is 1. The minimum Gasteiger partial charge on any atom is -0.295 e. The van der Waals surface area contributed by atoms with Gasteiger partial charge in [0.15, 0.2) is 15.6 Å². The van der Waals surface area contributed by atoms with Crippen LogP contribution in [-0.2, 0) is 9.84 Å². The van der Waals surface area contributed by atoms with Crippen LogP contribution in [0.25, 0.3) is 0 Å². The molecule has 0 radical (unpaired) electrons. The first-order valence-corrected chi connectivity index (χ1v) is 8.31. The Morgan fingerprint density at radius 2 is 2.05 bits per heavy atom. The predicted octanol–water partition coefficient (Wildman–Crippen LogP) is 1.30. The van der Waals surface area contributed by atoms with E-state index < -0.39 is 9.84 Å². The molecule has 0 amide bonds. The van der Waals surface area contributed by atoms with E-state index in [0.717, 1.165) is 5.56 Å². The third-order valence-corrected chi connectivity index (χ3v) is 5.07.